The van der Waals surface area contributed by atoms with Crippen LogP contribution in [-0.2, 0) is 0 Å². The molecule has 2 nitrogen and oxygen atoms in total. The fraction of sp³-hybridized carbons (Fsp3) is 0.545. The minimum absolute atomic E-state index is 0.786. The summed E-state index contributed by atoms with van der Waals surface area (Å²) >= 11 is 3.52. The normalized spacial score (nSPS) is 17.3. The zero-order valence-corrected chi connectivity index (χ0v) is 10.2. The van der Waals surface area contributed by atoms with Crippen molar-refractivity contribution in [2.24, 2.45) is 11.8 Å². The minimum Gasteiger partial charge on any atom is -0.355 e. The maximum atomic E-state index is 4.37. The number of pyridine rings is 1. The average molecular weight is 255 g/mol. The van der Waals surface area contributed by atoms with Crippen LogP contribution in [0, 0.1) is 11.8 Å². The van der Waals surface area contributed by atoms with Gasteiger partial charge in [-0.1, -0.05) is 13.8 Å². The van der Waals surface area contributed by atoms with E-state index in [1.54, 1.807) is 0 Å². The Balaban J connectivity index is 2.03. The Kier molecular flexibility index (Phi) is 2.77. The Morgan fingerprint density at radius 1 is 1.50 bits per heavy atom. The van der Waals surface area contributed by atoms with Crippen molar-refractivity contribution in [1.82, 2.24) is 4.98 Å². The molecule has 0 atom stereocenters. The lowest BCUT2D eigenvalue weighted by Crippen LogP contribution is -2.49. The molecular weight excluding hydrogens is 240 g/mol. The van der Waals surface area contributed by atoms with Crippen molar-refractivity contribution >= 4 is 21.7 Å². The van der Waals surface area contributed by atoms with E-state index in [1.165, 1.54) is 0 Å². The van der Waals surface area contributed by atoms with Gasteiger partial charge in [-0.15, -0.1) is 0 Å². The van der Waals surface area contributed by atoms with Gasteiger partial charge in [-0.3, -0.25) is 0 Å². The van der Waals surface area contributed by atoms with E-state index in [0.717, 1.165) is 35.2 Å². The summed E-state index contributed by atoms with van der Waals surface area (Å²) in [6.45, 7) is 6.87. The van der Waals surface area contributed by atoms with Crippen LogP contribution in [0.2, 0.25) is 0 Å². The van der Waals surface area contributed by atoms with Crippen molar-refractivity contribution in [1.29, 1.82) is 0 Å². The van der Waals surface area contributed by atoms with Gasteiger partial charge in [-0.05, 0) is 39.9 Å². The van der Waals surface area contributed by atoms with Crippen LogP contribution in [0.3, 0.4) is 0 Å². The molecule has 76 valence electrons. The molecule has 1 aromatic rings. The summed E-state index contributed by atoms with van der Waals surface area (Å²) in [5, 5.41) is 0. The highest BCUT2D eigenvalue weighted by atomic mass is 79.9. The lowest BCUT2D eigenvalue weighted by atomic mass is 9.88. The molecule has 0 saturated carbocycles. The molecule has 14 heavy (non-hydrogen) atoms. The standard InChI is InChI=1S/C11H15BrN2/c1-8(2)9-6-14(7-9)11-10(12)4-3-5-13-11/h3-5,8-9H,6-7H2,1-2H3. The third kappa shape index (κ3) is 1.78. The van der Waals surface area contributed by atoms with Crippen molar-refractivity contribution in [2.75, 3.05) is 18.0 Å². The highest BCUT2D eigenvalue weighted by molar-refractivity contribution is 9.10. The van der Waals surface area contributed by atoms with Crippen LogP contribution in [0.15, 0.2) is 22.8 Å². The molecule has 1 aliphatic rings. The molecule has 2 rings (SSSR count). The summed E-state index contributed by atoms with van der Waals surface area (Å²) in [5.74, 6) is 2.71. The van der Waals surface area contributed by atoms with Crippen molar-refractivity contribution in [2.45, 2.75) is 13.8 Å². The van der Waals surface area contributed by atoms with E-state index in [2.05, 4.69) is 39.7 Å². The second-order valence-electron chi connectivity index (χ2n) is 4.22. The molecule has 1 fully saturated rings. The van der Waals surface area contributed by atoms with Crippen LogP contribution in [0.4, 0.5) is 5.82 Å². The third-order valence-corrected chi connectivity index (χ3v) is 3.51. The van der Waals surface area contributed by atoms with E-state index >= 15 is 0 Å². The predicted molar refractivity (Wildman–Crippen MR) is 62.5 cm³/mol. The molecule has 1 aliphatic heterocycles. The Morgan fingerprint density at radius 2 is 2.21 bits per heavy atom. The first-order valence-electron chi connectivity index (χ1n) is 5.04. The van der Waals surface area contributed by atoms with E-state index in [-0.39, 0.29) is 0 Å². The van der Waals surface area contributed by atoms with Crippen LogP contribution >= 0.6 is 15.9 Å². The molecule has 1 saturated heterocycles. The third-order valence-electron chi connectivity index (χ3n) is 2.89. The Morgan fingerprint density at radius 3 is 2.79 bits per heavy atom. The van der Waals surface area contributed by atoms with Gasteiger partial charge < -0.3 is 4.90 Å². The Hall–Kier alpha value is -0.570. The van der Waals surface area contributed by atoms with Crippen LogP contribution < -0.4 is 4.90 Å². The SMILES string of the molecule is CC(C)C1CN(c2ncccc2Br)C1. The van der Waals surface area contributed by atoms with Crippen LogP contribution in [-0.4, -0.2) is 18.1 Å². The summed E-state index contributed by atoms with van der Waals surface area (Å²) in [6, 6.07) is 4.00. The summed E-state index contributed by atoms with van der Waals surface area (Å²) in [6.07, 6.45) is 1.85. The van der Waals surface area contributed by atoms with Crippen LogP contribution in [0.5, 0.6) is 0 Å². The van der Waals surface area contributed by atoms with Gasteiger partial charge >= 0.3 is 0 Å². The quantitative estimate of drug-likeness (QED) is 0.807. The van der Waals surface area contributed by atoms with Gasteiger partial charge in [0.05, 0.1) is 4.47 Å². The number of hydrogen-bond acceptors (Lipinski definition) is 2. The van der Waals surface area contributed by atoms with Gasteiger partial charge in [0.2, 0.25) is 0 Å². The first kappa shape index (κ1) is 9.97. The number of aromatic nitrogens is 1. The maximum Gasteiger partial charge on any atom is 0.142 e. The second kappa shape index (κ2) is 3.89. The van der Waals surface area contributed by atoms with Gasteiger partial charge in [0, 0.05) is 19.3 Å². The van der Waals surface area contributed by atoms with E-state index in [0.29, 0.717) is 0 Å². The molecule has 0 radical (unpaired) electrons. The van der Waals surface area contributed by atoms with Crippen molar-refractivity contribution in [3.63, 3.8) is 0 Å². The molecule has 0 aliphatic carbocycles. The van der Waals surface area contributed by atoms with Gasteiger partial charge in [0.25, 0.3) is 0 Å². The Bertz CT molecular complexity index is 319. The summed E-state index contributed by atoms with van der Waals surface area (Å²) in [4.78, 5) is 6.70. The molecule has 0 bridgehead atoms. The van der Waals surface area contributed by atoms with Gasteiger partial charge in [0.1, 0.15) is 5.82 Å². The minimum atomic E-state index is 0.786. The molecule has 1 aromatic heterocycles. The lowest BCUT2D eigenvalue weighted by molar-refractivity contribution is 0.308. The van der Waals surface area contributed by atoms with E-state index in [1.807, 2.05) is 18.3 Å². The molecule has 2 heterocycles. The summed E-state index contributed by atoms with van der Waals surface area (Å²) in [5.41, 5.74) is 0. The van der Waals surface area contributed by atoms with Crippen molar-refractivity contribution in [3.8, 4) is 0 Å². The molecule has 0 aromatic carbocycles. The van der Waals surface area contributed by atoms with E-state index < -0.39 is 0 Å². The zero-order chi connectivity index (χ0) is 10.1. The van der Waals surface area contributed by atoms with Gasteiger partial charge in [-0.25, -0.2) is 4.98 Å². The summed E-state index contributed by atoms with van der Waals surface area (Å²) < 4.78 is 1.10. The van der Waals surface area contributed by atoms with E-state index in [9.17, 15) is 0 Å². The van der Waals surface area contributed by atoms with Gasteiger partial charge in [-0.2, -0.15) is 0 Å². The molecule has 0 amide bonds. The Labute approximate surface area is 93.5 Å². The molecular formula is C11H15BrN2. The van der Waals surface area contributed by atoms with Crippen LogP contribution in [0.1, 0.15) is 13.8 Å². The number of hydrogen-bond donors (Lipinski definition) is 0. The van der Waals surface area contributed by atoms with Gasteiger partial charge in [0.15, 0.2) is 0 Å². The molecule has 0 spiro atoms. The van der Waals surface area contributed by atoms with Crippen molar-refractivity contribution in [3.05, 3.63) is 22.8 Å². The smallest absolute Gasteiger partial charge is 0.142 e. The number of nitrogens with zero attached hydrogens (tertiary/aromatic N) is 2. The number of halogens is 1. The average Bonchev–Trinajstić information content (AvgIpc) is 2.05. The van der Waals surface area contributed by atoms with E-state index in [4.69, 9.17) is 0 Å². The number of anilines is 1. The monoisotopic (exact) mass is 254 g/mol. The highest BCUT2D eigenvalue weighted by Crippen LogP contribution is 2.31. The highest BCUT2D eigenvalue weighted by Gasteiger charge is 2.30. The topological polar surface area (TPSA) is 16.1 Å². The molecule has 0 unspecified atom stereocenters. The fourth-order valence-electron chi connectivity index (χ4n) is 1.72. The molecule has 3 heteroatoms. The van der Waals surface area contributed by atoms with Crippen LogP contribution in [0.25, 0.3) is 0 Å². The largest absolute Gasteiger partial charge is 0.355 e. The second-order valence-corrected chi connectivity index (χ2v) is 5.07. The first-order valence-corrected chi connectivity index (χ1v) is 5.83. The fourth-order valence-corrected chi connectivity index (χ4v) is 2.22. The van der Waals surface area contributed by atoms with Crippen molar-refractivity contribution < 1.29 is 0 Å². The summed E-state index contributed by atoms with van der Waals surface area (Å²) in [7, 11) is 0. The predicted octanol–water partition coefficient (Wildman–Crippen LogP) is 2.94. The maximum absolute atomic E-state index is 4.37. The molecule has 0 N–H and O–H groups in total. The zero-order valence-electron chi connectivity index (χ0n) is 8.57. The lowest BCUT2D eigenvalue weighted by Gasteiger charge is -2.42. The number of rotatable bonds is 2. The first-order chi connectivity index (χ1) is 6.68.